The third-order valence-corrected chi connectivity index (χ3v) is 6.74. The molecule has 0 bridgehead atoms. The van der Waals surface area contributed by atoms with Crippen LogP contribution >= 0.6 is 0 Å². The number of carbonyl (C=O) groups excluding carboxylic acids is 3. The number of nitrogens with zero attached hydrogens (tertiary/aromatic N) is 2. The van der Waals surface area contributed by atoms with Crippen LogP contribution in [-0.2, 0) is 15.1 Å². The molecule has 0 spiro atoms. The zero-order valence-electron chi connectivity index (χ0n) is 22.0. The van der Waals surface area contributed by atoms with Crippen LogP contribution in [-0.4, -0.2) is 57.0 Å². The van der Waals surface area contributed by atoms with Gasteiger partial charge < -0.3 is 30.9 Å². The maximum atomic E-state index is 14.4. The van der Waals surface area contributed by atoms with Crippen LogP contribution in [0, 0.1) is 6.92 Å². The van der Waals surface area contributed by atoms with E-state index in [9.17, 15) is 14.4 Å². The van der Waals surface area contributed by atoms with Crippen molar-refractivity contribution < 1.29 is 19.1 Å². The lowest BCUT2D eigenvalue weighted by molar-refractivity contribution is -0.131. The van der Waals surface area contributed by atoms with Gasteiger partial charge >= 0.3 is 6.03 Å². The molecule has 0 saturated heterocycles. The molecule has 1 aliphatic rings. The second-order valence-electron chi connectivity index (χ2n) is 9.64. The summed E-state index contributed by atoms with van der Waals surface area (Å²) in [7, 11) is 5.36. The van der Waals surface area contributed by atoms with Gasteiger partial charge in [-0.1, -0.05) is 54.1 Å². The molecule has 4 rings (SSSR count). The standard InChI is InChI=1S/C29H33N5O4/c1-19-12-14-20(15-13-19)25(26(30)35)29(32-28(37)31-21-8-7-9-22(18-21)38-4)23-10-5-6-11-24(23)34(27(29)36)17-16-33(2)3/h5-15,18,25H,16-17H2,1-4H3,(H2,30,35)(H2,31,32,37). The van der Waals surface area contributed by atoms with Crippen LogP contribution < -0.4 is 26.0 Å². The van der Waals surface area contributed by atoms with Crippen molar-refractivity contribution >= 4 is 29.2 Å². The number of likely N-dealkylation sites (N-methyl/N-ethyl adjacent to an activating group) is 1. The van der Waals surface area contributed by atoms with Gasteiger partial charge in [0.2, 0.25) is 5.91 Å². The monoisotopic (exact) mass is 515 g/mol. The van der Waals surface area contributed by atoms with E-state index in [0.29, 0.717) is 41.3 Å². The fraction of sp³-hybridized carbons (Fsp3) is 0.276. The van der Waals surface area contributed by atoms with E-state index in [2.05, 4.69) is 10.6 Å². The van der Waals surface area contributed by atoms with Crippen LogP contribution in [0.25, 0.3) is 0 Å². The summed E-state index contributed by atoms with van der Waals surface area (Å²) in [5.41, 5.74) is 7.36. The molecule has 1 heterocycles. The minimum Gasteiger partial charge on any atom is -0.497 e. The molecule has 3 aromatic rings. The summed E-state index contributed by atoms with van der Waals surface area (Å²) in [4.78, 5) is 44.7. The summed E-state index contributed by atoms with van der Waals surface area (Å²) in [6.45, 7) is 2.87. The first-order valence-corrected chi connectivity index (χ1v) is 12.3. The topological polar surface area (TPSA) is 117 Å². The van der Waals surface area contributed by atoms with Crippen molar-refractivity contribution in [2.24, 2.45) is 5.73 Å². The van der Waals surface area contributed by atoms with E-state index < -0.39 is 29.3 Å². The van der Waals surface area contributed by atoms with Gasteiger partial charge in [-0.15, -0.1) is 0 Å². The largest absolute Gasteiger partial charge is 0.497 e. The molecule has 198 valence electrons. The number of aryl methyl sites for hydroxylation is 1. The second-order valence-corrected chi connectivity index (χ2v) is 9.64. The quantitative estimate of drug-likeness (QED) is 0.405. The Bertz CT molecular complexity index is 1340. The normalized spacial score (nSPS) is 17.2. The summed E-state index contributed by atoms with van der Waals surface area (Å²) >= 11 is 0. The number of anilines is 2. The number of urea groups is 1. The molecule has 38 heavy (non-hydrogen) atoms. The maximum Gasteiger partial charge on any atom is 0.320 e. The number of fused-ring (bicyclic) bond motifs is 1. The number of nitrogens with one attached hydrogen (secondary N) is 2. The molecule has 0 aliphatic carbocycles. The van der Waals surface area contributed by atoms with E-state index in [1.807, 2.05) is 50.2 Å². The maximum absolute atomic E-state index is 14.4. The predicted molar refractivity (Wildman–Crippen MR) is 147 cm³/mol. The van der Waals surface area contributed by atoms with Crippen LogP contribution in [0.3, 0.4) is 0 Å². The Morgan fingerprint density at radius 2 is 1.76 bits per heavy atom. The van der Waals surface area contributed by atoms with Crippen LogP contribution in [0.5, 0.6) is 5.75 Å². The molecule has 9 nitrogen and oxygen atoms in total. The molecule has 4 N–H and O–H groups in total. The van der Waals surface area contributed by atoms with Gasteiger partial charge in [-0.2, -0.15) is 0 Å². The van der Waals surface area contributed by atoms with Gasteiger partial charge in [0.15, 0.2) is 5.54 Å². The number of nitrogens with two attached hydrogens (primary N) is 1. The van der Waals surface area contributed by atoms with Crippen molar-refractivity contribution in [2.45, 2.75) is 18.4 Å². The van der Waals surface area contributed by atoms with E-state index in [1.54, 1.807) is 53.4 Å². The van der Waals surface area contributed by atoms with Gasteiger partial charge in [-0.3, -0.25) is 9.59 Å². The molecule has 0 aromatic heterocycles. The molecule has 0 saturated carbocycles. The third-order valence-electron chi connectivity index (χ3n) is 6.74. The molecule has 0 radical (unpaired) electrons. The molecule has 3 aromatic carbocycles. The Kier molecular flexibility index (Phi) is 7.68. The first-order valence-electron chi connectivity index (χ1n) is 12.3. The summed E-state index contributed by atoms with van der Waals surface area (Å²) in [5, 5.41) is 5.68. The Morgan fingerprint density at radius 3 is 2.42 bits per heavy atom. The number of para-hydroxylation sites is 1. The number of benzene rings is 3. The Balaban J connectivity index is 1.85. The van der Waals surface area contributed by atoms with Gasteiger partial charge in [-0.25, -0.2) is 4.79 Å². The van der Waals surface area contributed by atoms with Crippen LogP contribution in [0.1, 0.15) is 22.6 Å². The van der Waals surface area contributed by atoms with Crippen LogP contribution in [0.2, 0.25) is 0 Å². The Hall–Kier alpha value is -4.37. The van der Waals surface area contributed by atoms with Crippen molar-refractivity contribution in [3.63, 3.8) is 0 Å². The van der Waals surface area contributed by atoms with Crippen molar-refractivity contribution in [1.29, 1.82) is 0 Å². The van der Waals surface area contributed by atoms with Crippen molar-refractivity contribution in [2.75, 3.05) is 44.5 Å². The summed E-state index contributed by atoms with van der Waals surface area (Å²) in [5.74, 6) is -1.76. The minimum atomic E-state index is -1.77. The van der Waals surface area contributed by atoms with Gasteiger partial charge in [0.05, 0.1) is 13.0 Å². The summed E-state index contributed by atoms with van der Waals surface area (Å²) in [6, 6.07) is 20.6. The first kappa shape index (κ1) is 26.7. The number of hydrogen-bond donors (Lipinski definition) is 3. The number of methoxy groups -OCH3 is 1. The van der Waals surface area contributed by atoms with Crippen molar-refractivity contribution in [3.05, 3.63) is 89.5 Å². The molecule has 2 atom stereocenters. The highest BCUT2D eigenvalue weighted by Gasteiger charge is 2.59. The molecule has 2 unspecified atom stereocenters. The van der Waals surface area contributed by atoms with Gasteiger partial charge in [0.1, 0.15) is 5.75 Å². The van der Waals surface area contributed by atoms with E-state index >= 15 is 0 Å². The number of ether oxygens (including phenoxy) is 1. The molecule has 9 heteroatoms. The zero-order chi connectivity index (χ0) is 27.4. The first-order chi connectivity index (χ1) is 18.2. The third kappa shape index (κ3) is 5.05. The van der Waals surface area contributed by atoms with Gasteiger partial charge in [-0.05, 0) is 44.8 Å². The lowest BCUT2D eigenvalue weighted by Gasteiger charge is -2.36. The average Bonchev–Trinajstić information content (AvgIpc) is 3.11. The molecular formula is C29H33N5O4. The van der Waals surface area contributed by atoms with Crippen molar-refractivity contribution in [3.8, 4) is 5.75 Å². The lowest BCUT2D eigenvalue weighted by atomic mass is 9.74. The number of carbonyl (C=O) groups is 3. The highest BCUT2D eigenvalue weighted by atomic mass is 16.5. The predicted octanol–water partition coefficient (Wildman–Crippen LogP) is 3.20. The van der Waals surface area contributed by atoms with E-state index in [4.69, 9.17) is 10.5 Å². The Labute approximate surface area is 222 Å². The van der Waals surface area contributed by atoms with Gasteiger partial charge in [0, 0.05) is 36.1 Å². The van der Waals surface area contributed by atoms with E-state index in [0.717, 1.165) is 5.56 Å². The highest BCUT2D eigenvalue weighted by Crippen LogP contribution is 2.48. The summed E-state index contributed by atoms with van der Waals surface area (Å²) < 4.78 is 5.25. The SMILES string of the molecule is COc1cccc(NC(=O)NC2(C(C(N)=O)c3ccc(C)cc3)C(=O)N(CCN(C)C)c3ccccc32)c1. The molecule has 0 fully saturated rings. The van der Waals surface area contributed by atoms with Crippen molar-refractivity contribution in [1.82, 2.24) is 10.2 Å². The fourth-order valence-electron chi connectivity index (χ4n) is 4.90. The molecule has 1 aliphatic heterocycles. The molecular weight excluding hydrogens is 482 g/mol. The second kappa shape index (κ2) is 10.9. The summed E-state index contributed by atoms with van der Waals surface area (Å²) in [6.07, 6.45) is 0. The van der Waals surface area contributed by atoms with Crippen LogP contribution in [0.4, 0.5) is 16.2 Å². The average molecular weight is 516 g/mol. The number of rotatable bonds is 9. The van der Waals surface area contributed by atoms with Gasteiger partial charge in [0.25, 0.3) is 5.91 Å². The number of hydrogen-bond acceptors (Lipinski definition) is 5. The van der Waals surface area contributed by atoms with Crippen LogP contribution in [0.15, 0.2) is 72.8 Å². The number of primary amides is 1. The smallest absolute Gasteiger partial charge is 0.320 e. The fourth-order valence-corrected chi connectivity index (χ4v) is 4.90. The number of amides is 4. The highest BCUT2D eigenvalue weighted by molar-refractivity contribution is 6.13. The minimum absolute atomic E-state index is 0.364. The lowest BCUT2D eigenvalue weighted by Crippen LogP contribution is -2.60. The van der Waals surface area contributed by atoms with E-state index in [-0.39, 0.29) is 0 Å². The zero-order valence-corrected chi connectivity index (χ0v) is 22.0. The van der Waals surface area contributed by atoms with E-state index in [1.165, 1.54) is 7.11 Å². The molecule has 4 amide bonds. The Morgan fingerprint density at radius 1 is 1.05 bits per heavy atom.